The van der Waals surface area contributed by atoms with Gasteiger partial charge in [-0.2, -0.15) is 0 Å². The first kappa shape index (κ1) is 13.1. The molecular weight excluding hydrogens is 240 g/mol. The summed E-state index contributed by atoms with van der Waals surface area (Å²) in [6.45, 7) is 3.73. The van der Waals surface area contributed by atoms with Gasteiger partial charge in [-0.3, -0.25) is 10.1 Å². The number of hydrogen-bond donors (Lipinski definition) is 1. The third kappa shape index (κ3) is 2.91. The van der Waals surface area contributed by atoms with Crippen molar-refractivity contribution in [1.29, 1.82) is 0 Å². The van der Waals surface area contributed by atoms with Crippen molar-refractivity contribution >= 4 is 11.4 Å². The van der Waals surface area contributed by atoms with Crippen molar-refractivity contribution in [3.63, 3.8) is 0 Å². The lowest BCUT2D eigenvalue weighted by Crippen LogP contribution is -2.08. The predicted octanol–water partition coefficient (Wildman–Crippen LogP) is 4.08. The topological polar surface area (TPSA) is 55.2 Å². The van der Waals surface area contributed by atoms with Crippen LogP contribution in [0.1, 0.15) is 24.1 Å². The van der Waals surface area contributed by atoms with E-state index in [9.17, 15) is 10.1 Å². The van der Waals surface area contributed by atoms with Crippen LogP contribution < -0.4 is 5.32 Å². The molecule has 0 bridgehead atoms. The number of aryl methyl sites for hydroxylation is 1. The standard InChI is InChI=1S/C15H16N2O2/c1-11-7-6-10-14(15(11)17(18)19)16-12(2)13-8-4-3-5-9-13/h3-10,12,16H,1-2H3. The molecule has 0 heterocycles. The van der Waals surface area contributed by atoms with Crippen LogP contribution >= 0.6 is 0 Å². The SMILES string of the molecule is Cc1cccc(NC(C)c2ccccc2)c1[N+](=O)[O-]. The maximum absolute atomic E-state index is 11.1. The van der Waals surface area contributed by atoms with Crippen LogP contribution in [0.4, 0.5) is 11.4 Å². The number of anilines is 1. The summed E-state index contributed by atoms with van der Waals surface area (Å²) in [5.74, 6) is 0. The van der Waals surface area contributed by atoms with Crippen molar-refractivity contribution in [2.45, 2.75) is 19.9 Å². The molecule has 0 amide bonds. The number of nitrogens with zero attached hydrogens (tertiary/aromatic N) is 1. The average molecular weight is 256 g/mol. The quantitative estimate of drug-likeness (QED) is 0.662. The highest BCUT2D eigenvalue weighted by molar-refractivity contribution is 5.65. The van der Waals surface area contributed by atoms with Crippen LogP contribution in [0, 0.1) is 17.0 Å². The Labute approximate surface area is 112 Å². The summed E-state index contributed by atoms with van der Waals surface area (Å²) < 4.78 is 0. The number of benzene rings is 2. The number of hydrogen-bond acceptors (Lipinski definition) is 3. The second-order valence-electron chi connectivity index (χ2n) is 4.50. The zero-order valence-electron chi connectivity index (χ0n) is 11.0. The van der Waals surface area contributed by atoms with Crippen LogP contribution in [0.3, 0.4) is 0 Å². The molecule has 2 aromatic rings. The smallest absolute Gasteiger partial charge is 0.295 e. The largest absolute Gasteiger partial charge is 0.373 e. The molecule has 0 fully saturated rings. The minimum Gasteiger partial charge on any atom is -0.373 e. The van der Waals surface area contributed by atoms with Crippen molar-refractivity contribution in [2.24, 2.45) is 0 Å². The summed E-state index contributed by atoms with van der Waals surface area (Å²) >= 11 is 0. The molecule has 1 atom stereocenters. The minimum absolute atomic E-state index is 0.0155. The monoisotopic (exact) mass is 256 g/mol. The normalized spacial score (nSPS) is 11.9. The lowest BCUT2D eigenvalue weighted by Gasteiger charge is -2.16. The lowest BCUT2D eigenvalue weighted by atomic mass is 10.1. The maximum atomic E-state index is 11.1. The highest BCUT2D eigenvalue weighted by atomic mass is 16.6. The molecular formula is C15H16N2O2. The van der Waals surface area contributed by atoms with Gasteiger partial charge in [0.05, 0.1) is 4.92 Å². The first-order valence-electron chi connectivity index (χ1n) is 6.15. The summed E-state index contributed by atoms with van der Waals surface area (Å²) in [5.41, 5.74) is 2.46. The number of nitro groups is 1. The highest BCUT2D eigenvalue weighted by Crippen LogP contribution is 2.30. The number of rotatable bonds is 4. The van der Waals surface area contributed by atoms with Crippen molar-refractivity contribution in [3.8, 4) is 0 Å². The van der Waals surface area contributed by atoms with Crippen molar-refractivity contribution in [3.05, 3.63) is 69.8 Å². The van der Waals surface area contributed by atoms with Gasteiger partial charge in [-0.1, -0.05) is 42.5 Å². The van der Waals surface area contributed by atoms with E-state index in [-0.39, 0.29) is 16.7 Å². The second-order valence-corrected chi connectivity index (χ2v) is 4.50. The van der Waals surface area contributed by atoms with Crippen molar-refractivity contribution in [2.75, 3.05) is 5.32 Å². The predicted molar refractivity (Wildman–Crippen MR) is 76.3 cm³/mol. The molecule has 1 N–H and O–H groups in total. The van der Waals surface area contributed by atoms with E-state index in [4.69, 9.17) is 0 Å². The van der Waals surface area contributed by atoms with Crippen LogP contribution in [0.5, 0.6) is 0 Å². The molecule has 0 saturated heterocycles. The van der Waals surface area contributed by atoms with Gasteiger partial charge < -0.3 is 5.32 Å². The Morgan fingerprint density at radius 1 is 1.11 bits per heavy atom. The van der Waals surface area contributed by atoms with Crippen LogP contribution in [0.2, 0.25) is 0 Å². The molecule has 4 heteroatoms. The van der Waals surface area contributed by atoms with Crippen LogP contribution in [0.25, 0.3) is 0 Å². The van der Waals surface area contributed by atoms with Gasteiger partial charge >= 0.3 is 0 Å². The number of para-hydroxylation sites is 1. The molecule has 0 spiro atoms. The Morgan fingerprint density at radius 3 is 2.42 bits per heavy atom. The molecule has 1 unspecified atom stereocenters. The Bertz CT molecular complexity index is 582. The van der Waals surface area contributed by atoms with E-state index in [0.717, 1.165) is 5.56 Å². The molecule has 98 valence electrons. The van der Waals surface area contributed by atoms with Gasteiger partial charge in [0.1, 0.15) is 5.69 Å². The molecule has 2 rings (SSSR count). The summed E-state index contributed by atoms with van der Waals surface area (Å²) in [6.07, 6.45) is 0. The van der Waals surface area contributed by atoms with Crippen LogP contribution in [0.15, 0.2) is 48.5 Å². The van der Waals surface area contributed by atoms with E-state index in [1.807, 2.05) is 43.3 Å². The molecule has 0 aliphatic rings. The van der Waals surface area contributed by atoms with Crippen LogP contribution in [-0.4, -0.2) is 4.92 Å². The van der Waals surface area contributed by atoms with Crippen molar-refractivity contribution < 1.29 is 4.92 Å². The third-order valence-corrected chi connectivity index (χ3v) is 3.09. The first-order valence-corrected chi connectivity index (χ1v) is 6.15. The van der Waals surface area contributed by atoms with E-state index in [1.165, 1.54) is 0 Å². The summed E-state index contributed by atoms with van der Waals surface area (Å²) in [6, 6.07) is 15.2. The van der Waals surface area contributed by atoms with Gasteiger partial charge in [-0.25, -0.2) is 0 Å². The molecule has 0 saturated carbocycles. The molecule has 0 radical (unpaired) electrons. The second kappa shape index (κ2) is 5.52. The van der Waals surface area contributed by atoms with Gasteiger partial charge in [0.15, 0.2) is 0 Å². The zero-order valence-corrected chi connectivity index (χ0v) is 11.0. The lowest BCUT2D eigenvalue weighted by molar-refractivity contribution is -0.384. The molecule has 0 aliphatic carbocycles. The van der Waals surface area contributed by atoms with Gasteiger partial charge in [-0.05, 0) is 25.5 Å². The Hall–Kier alpha value is -2.36. The van der Waals surface area contributed by atoms with Gasteiger partial charge in [0, 0.05) is 11.6 Å². The van der Waals surface area contributed by atoms with E-state index in [0.29, 0.717) is 11.3 Å². The Balaban J connectivity index is 2.29. The fourth-order valence-corrected chi connectivity index (χ4v) is 2.08. The van der Waals surface area contributed by atoms with Gasteiger partial charge in [0.25, 0.3) is 5.69 Å². The van der Waals surface area contributed by atoms with Crippen molar-refractivity contribution in [1.82, 2.24) is 0 Å². The first-order chi connectivity index (χ1) is 9.09. The average Bonchev–Trinajstić information content (AvgIpc) is 2.39. The molecule has 19 heavy (non-hydrogen) atoms. The maximum Gasteiger partial charge on any atom is 0.295 e. The van der Waals surface area contributed by atoms with E-state index in [2.05, 4.69) is 5.32 Å². The molecule has 0 aliphatic heterocycles. The van der Waals surface area contributed by atoms with E-state index >= 15 is 0 Å². The Kier molecular flexibility index (Phi) is 3.80. The van der Waals surface area contributed by atoms with E-state index < -0.39 is 0 Å². The van der Waals surface area contributed by atoms with E-state index in [1.54, 1.807) is 19.1 Å². The molecule has 0 aromatic heterocycles. The summed E-state index contributed by atoms with van der Waals surface area (Å²) in [4.78, 5) is 10.8. The third-order valence-electron chi connectivity index (χ3n) is 3.09. The fourth-order valence-electron chi connectivity index (χ4n) is 2.08. The van der Waals surface area contributed by atoms with Crippen LogP contribution in [-0.2, 0) is 0 Å². The zero-order chi connectivity index (χ0) is 13.8. The Morgan fingerprint density at radius 2 is 1.79 bits per heavy atom. The summed E-state index contributed by atoms with van der Waals surface area (Å²) in [5, 5.41) is 14.3. The summed E-state index contributed by atoms with van der Waals surface area (Å²) in [7, 11) is 0. The number of nitro benzene ring substituents is 1. The molecule has 4 nitrogen and oxygen atoms in total. The van der Waals surface area contributed by atoms with Gasteiger partial charge in [0.2, 0.25) is 0 Å². The number of nitrogens with one attached hydrogen (secondary N) is 1. The molecule has 2 aromatic carbocycles. The fraction of sp³-hybridized carbons (Fsp3) is 0.200. The van der Waals surface area contributed by atoms with Gasteiger partial charge in [-0.15, -0.1) is 0 Å². The minimum atomic E-state index is -0.338. The highest BCUT2D eigenvalue weighted by Gasteiger charge is 2.18.